The lowest BCUT2D eigenvalue weighted by molar-refractivity contribution is -0.122. The third kappa shape index (κ3) is 3.67. The fourth-order valence-corrected chi connectivity index (χ4v) is 4.08. The highest BCUT2D eigenvalue weighted by atomic mass is 16.1. The highest BCUT2D eigenvalue weighted by Crippen LogP contribution is 2.38. The number of likely N-dealkylation sites (tertiary alicyclic amines) is 1. The van der Waals surface area contributed by atoms with Gasteiger partial charge in [0, 0.05) is 44.8 Å². The van der Waals surface area contributed by atoms with Gasteiger partial charge in [-0.3, -0.25) is 4.79 Å². The van der Waals surface area contributed by atoms with Crippen LogP contribution < -0.4 is 5.32 Å². The van der Waals surface area contributed by atoms with Crippen molar-refractivity contribution in [1.82, 2.24) is 10.2 Å². The van der Waals surface area contributed by atoms with Gasteiger partial charge in [-0.15, -0.1) is 12.3 Å². The van der Waals surface area contributed by atoms with Crippen LogP contribution in [0.3, 0.4) is 0 Å². The van der Waals surface area contributed by atoms with Crippen LogP contribution in [0.5, 0.6) is 0 Å². The molecular formula is C17H26N4O. The van der Waals surface area contributed by atoms with E-state index >= 15 is 0 Å². The predicted molar refractivity (Wildman–Crippen MR) is 85.1 cm³/mol. The molecule has 120 valence electrons. The molecule has 5 nitrogen and oxygen atoms in total. The molecule has 3 atom stereocenters. The van der Waals surface area contributed by atoms with Crippen LogP contribution >= 0.6 is 0 Å². The van der Waals surface area contributed by atoms with Gasteiger partial charge >= 0.3 is 0 Å². The maximum absolute atomic E-state index is 12.2. The highest BCUT2D eigenvalue weighted by molar-refractivity contribution is 5.76. The maximum Gasteiger partial charge on any atom is 0.220 e. The molecular weight excluding hydrogens is 276 g/mol. The Morgan fingerprint density at radius 1 is 1.32 bits per heavy atom. The van der Waals surface area contributed by atoms with Gasteiger partial charge in [-0.2, -0.15) is 10.2 Å². The van der Waals surface area contributed by atoms with E-state index in [0.717, 1.165) is 31.1 Å². The molecule has 1 aliphatic carbocycles. The first-order chi connectivity index (χ1) is 10.6. The third-order valence-corrected chi connectivity index (χ3v) is 5.40. The highest BCUT2D eigenvalue weighted by Gasteiger charge is 2.40. The molecule has 22 heavy (non-hydrogen) atoms. The Kier molecular flexibility index (Phi) is 4.49. The van der Waals surface area contributed by atoms with Gasteiger partial charge in [0.25, 0.3) is 0 Å². The Morgan fingerprint density at radius 3 is 2.82 bits per heavy atom. The summed E-state index contributed by atoms with van der Waals surface area (Å²) in [6.45, 7) is 2.41. The van der Waals surface area contributed by atoms with Crippen LogP contribution in [0.4, 0.5) is 0 Å². The fourth-order valence-electron chi connectivity index (χ4n) is 4.08. The van der Waals surface area contributed by atoms with E-state index in [1.54, 1.807) is 0 Å². The second-order valence-electron chi connectivity index (χ2n) is 7.21. The molecule has 3 rings (SSSR count). The van der Waals surface area contributed by atoms with Crippen molar-refractivity contribution in [3.63, 3.8) is 0 Å². The number of nitrogens with one attached hydrogen (secondary N) is 1. The Balaban J connectivity index is 1.38. The molecule has 0 spiro atoms. The minimum atomic E-state index is -0.338. The molecule has 1 saturated carbocycles. The van der Waals surface area contributed by atoms with E-state index in [-0.39, 0.29) is 11.6 Å². The second kappa shape index (κ2) is 6.37. The van der Waals surface area contributed by atoms with Crippen LogP contribution in [0.1, 0.15) is 44.9 Å². The van der Waals surface area contributed by atoms with Crippen molar-refractivity contribution in [2.24, 2.45) is 22.1 Å². The summed E-state index contributed by atoms with van der Waals surface area (Å²) in [6, 6.07) is 0.356. The average Bonchev–Trinajstić information content (AvgIpc) is 3.17. The molecule has 1 saturated heterocycles. The van der Waals surface area contributed by atoms with E-state index in [9.17, 15) is 4.79 Å². The monoisotopic (exact) mass is 302 g/mol. The van der Waals surface area contributed by atoms with E-state index in [2.05, 4.69) is 33.4 Å². The number of hydrogen-bond donors (Lipinski definition) is 1. The van der Waals surface area contributed by atoms with E-state index in [4.69, 9.17) is 6.42 Å². The number of carbonyl (C=O) groups is 1. The normalized spacial score (nSPS) is 32.3. The molecule has 3 unspecified atom stereocenters. The lowest BCUT2D eigenvalue weighted by Crippen LogP contribution is -2.40. The van der Waals surface area contributed by atoms with Gasteiger partial charge in [-0.05, 0) is 38.1 Å². The number of fused-ring (bicyclic) bond motifs is 1. The molecule has 2 fully saturated rings. The molecule has 2 heterocycles. The molecule has 1 N–H and O–H groups in total. The minimum Gasteiger partial charge on any atom is -0.353 e. The summed E-state index contributed by atoms with van der Waals surface area (Å²) >= 11 is 0. The summed E-state index contributed by atoms with van der Waals surface area (Å²) in [4.78, 5) is 14.6. The fraction of sp³-hybridized carbons (Fsp3) is 0.824. The van der Waals surface area contributed by atoms with Crippen LogP contribution in [-0.4, -0.2) is 42.6 Å². The van der Waals surface area contributed by atoms with E-state index in [1.165, 1.54) is 19.5 Å². The van der Waals surface area contributed by atoms with Crippen LogP contribution in [-0.2, 0) is 4.79 Å². The molecule has 3 aliphatic rings. The van der Waals surface area contributed by atoms with Crippen LogP contribution in [0, 0.1) is 24.2 Å². The Morgan fingerprint density at radius 2 is 2.09 bits per heavy atom. The Hall–Kier alpha value is -1.41. The van der Waals surface area contributed by atoms with Gasteiger partial charge in [0.2, 0.25) is 5.91 Å². The predicted octanol–water partition coefficient (Wildman–Crippen LogP) is 2.19. The van der Waals surface area contributed by atoms with Gasteiger partial charge in [0.15, 0.2) is 5.66 Å². The third-order valence-electron chi connectivity index (χ3n) is 5.40. The smallest absolute Gasteiger partial charge is 0.220 e. The topological polar surface area (TPSA) is 57.1 Å². The summed E-state index contributed by atoms with van der Waals surface area (Å²) in [6.07, 6.45) is 11.4. The van der Waals surface area contributed by atoms with Crippen molar-refractivity contribution in [1.29, 1.82) is 0 Å². The van der Waals surface area contributed by atoms with Gasteiger partial charge in [0.05, 0.1) is 0 Å². The first-order valence-electron chi connectivity index (χ1n) is 8.46. The molecule has 0 radical (unpaired) electrons. The number of nitrogens with zero attached hydrogens (tertiary/aromatic N) is 3. The lowest BCUT2D eigenvalue weighted by atomic mass is 9.79. The van der Waals surface area contributed by atoms with Crippen molar-refractivity contribution in [3.05, 3.63) is 0 Å². The van der Waals surface area contributed by atoms with Gasteiger partial charge < -0.3 is 10.2 Å². The van der Waals surface area contributed by atoms with E-state index in [0.29, 0.717) is 25.3 Å². The average molecular weight is 302 g/mol. The van der Waals surface area contributed by atoms with Crippen molar-refractivity contribution >= 4 is 5.91 Å². The van der Waals surface area contributed by atoms with Crippen molar-refractivity contribution in [2.45, 2.75) is 56.7 Å². The first-order valence-corrected chi connectivity index (χ1v) is 8.46. The van der Waals surface area contributed by atoms with E-state index < -0.39 is 0 Å². The van der Waals surface area contributed by atoms with Gasteiger partial charge in [-0.1, -0.05) is 0 Å². The zero-order valence-electron chi connectivity index (χ0n) is 13.4. The molecule has 0 aromatic carbocycles. The van der Waals surface area contributed by atoms with Crippen LogP contribution in [0.2, 0.25) is 0 Å². The summed E-state index contributed by atoms with van der Waals surface area (Å²) in [5.74, 6) is 4.37. The number of amides is 1. The molecule has 0 aromatic rings. The quantitative estimate of drug-likeness (QED) is 0.765. The lowest BCUT2D eigenvalue weighted by Gasteiger charge is -2.31. The molecule has 1 amide bonds. The van der Waals surface area contributed by atoms with Crippen molar-refractivity contribution in [3.8, 4) is 12.3 Å². The minimum absolute atomic E-state index is 0.146. The molecule has 0 aromatic heterocycles. The zero-order valence-corrected chi connectivity index (χ0v) is 13.4. The van der Waals surface area contributed by atoms with E-state index in [1.807, 2.05) is 0 Å². The largest absolute Gasteiger partial charge is 0.353 e. The summed E-state index contributed by atoms with van der Waals surface area (Å²) < 4.78 is 0. The number of rotatable bonds is 6. The number of terminal acetylenes is 1. The Labute approximate surface area is 132 Å². The van der Waals surface area contributed by atoms with Gasteiger partial charge in [0.1, 0.15) is 0 Å². The van der Waals surface area contributed by atoms with Crippen LogP contribution in [0.25, 0.3) is 0 Å². The van der Waals surface area contributed by atoms with Crippen molar-refractivity contribution < 1.29 is 4.79 Å². The summed E-state index contributed by atoms with van der Waals surface area (Å²) in [5, 5.41) is 11.4. The van der Waals surface area contributed by atoms with Gasteiger partial charge in [-0.25, -0.2) is 0 Å². The first kappa shape index (κ1) is 15.5. The summed E-state index contributed by atoms with van der Waals surface area (Å²) in [7, 11) is 2.20. The van der Waals surface area contributed by atoms with Crippen LogP contribution in [0.15, 0.2) is 10.2 Å². The second-order valence-corrected chi connectivity index (χ2v) is 7.21. The van der Waals surface area contributed by atoms with Crippen molar-refractivity contribution in [2.75, 3.05) is 20.1 Å². The molecule has 2 aliphatic heterocycles. The summed E-state index contributed by atoms with van der Waals surface area (Å²) in [5.41, 5.74) is -0.338. The zero-order chi connectivity index (χ0) is 15.6. The SMILES string of the molecule is C#CCCC1(CCC(=O)NC2CCC3CN(C)CC3C2)N=N1. The molecule has 5 heteroatoms. The Bertz CT molecular complexity index is 489. The molecule has 0 bridgehead atoms. The standard InChI is InChI=1S/C17H26N4O/c1-3-4-8-17(19-20-17)9-7-16(22)18-15-6-5-13-11-21(2)12-14(13)10-15/h1,13-15H,4-12H2,2H3,(H,18,22). The number of hydrogen-bond acceptors (Lipinski definition) is 4. The number of carbonyl (C=O) groups excluding carboxylic acids is 1. The maximum atomic E-state index is 12.2.